The predicted octanol–water partition coefficient (Wildman–Crippen LogP) is 3.40. The minimum Gasteiger partial charge on any atom is -0.481 e. The first-order valence-corrected chi connectivity index (χ1v) is 10.3. The number of nitrogens with zero attached hydrogens (tertiary/aromatic N) is 2. The van der Waals surface area contributed by atoms with Crippen LogP contribution in [-0.4, -0.2) is 47.2 Å². The Balaban J connectivity index is 1.66. The van der Waals surface area contributed by atoms with Crippen LogP contribution in [0.15, 0.2) is 65.7 Å². The Morgan fingerprint density at radius 3 is 2.16 bits per heavy atom. The van der Waals surface area contributed by atoms with Gasteiger partial charge in [-0.25, -0.2) is 9.59 Å². The summed E-state index contributed by atoms with van der Waals surface area (Å²) in [6.07, 6.45) is -0.614. The van der Waals surface area contributed by atoms with Gasteiger partial charge in [-0.05, 0) is 24.0 Å². The van der Waals surface area contributed by atoms with Gasteiger partial charge in [0, 0.05) is 13.1 Å². The first-order valence-electron chi connectivity index (χ1n) is 10.3. The van der Waals surface area contributed by atoms with Crippen LogP contribution in [0.5, 0.6) is 0 Å². The van der Waals surface area contributed by atoms with E-state index in [4.69, 9.17) is 9.47 Å². The zero-order valence-electron chi connectivity index (χ0n) is 17.5. The molecule has 0 aliphatic carbocycles. The van der Waals surface area contributed by atoms with Crippen molar-refractivity contribution in [2.75, 3.05) is 13.1 Å². The maximum atomic E-state index is 12.3. The quantitative estimate of drug-likeness (QED) is 0.541. The summed E-state index contributed by atoms with van der Waals surface area (Å²) in [7, 11) is 0. The molecule has 9 heteroatoms. The van der Waals surface area contributed by atoms with Crippen molar-refractivity contribution in [1.29, 1.82) is 0 Å². The summed E-state index contributed by atoms with van der Waals surface area (Å²) in [6.45, 7) is 0.607. The van der Waals surface area contributed by atoms with Crippen LogP contribution in [0.3, 0.4) is 0 Å². The van der Waals surface area contributed by atoms with Crippen LogP contribution in [0, 0.1) is 5.92 Å². The third-order valence-corrected chi connectivity index (χ3v) is 4.90. The lowest BCUT2D eigenvalue weighted by Crippen LogP contribution is -2.50. The van der Waals surface area contributed by atoms with Gasteiger partial charge in [0.2, 0.25) is 5.96 Å². The number of aliphatic imine (C=N–C) groups is 1. The monoisotopic (exact) mass is 439 g/mol. The summed E-state index contributed by atoms with van der Waals surface area (Å²) in [6, 6.07) is 18.2. The van der Waals surface area contributed by atoms with Crippen LogP contribution < -0.4 is 5.32 Å². The molecule has 0 saturated carbocycles. The summed E-state index contributed by atoms with van der Waals surface area (Å²) >= 11 is 0. The smallest absolute Gasteiger partial charge is 0.437 e. The molecule has 1 unspecified atom stereocenters. The SMILES string of the molecule is O=C(N=C(NC(=O)OCc1ccccc1)N1CCCC(C(=O)O)C1)OCc1ccccc1. The van der Waals surface area contributed by atoms with Crippen molar-refractivity contribution in [2.24, 2.45) is 10.9 Å². The largest absolute Gasteiger partial charge is 0.481 e. The Hall–Kier alpha value is -3.88. The molecule has 2 N–H and O–H groups in total. The Bertz CT molecular complexity index is 949. The molecule has 2 aromatic rings. The van der Waals surface area contributed by atoms with Gasteiger partial charge in [0.25, 0.3) is 0 Å². The van der Waals surface area contributed by atoms with E-state index in [0.29, 0.717) is 19.4 Å². The molecule has 1 heterocycles. The number of alkyl carbamates (subject to hydrolysis) is 1. The van der Waals surface area contributed by atoms with E-state index in [2.05, 4.69) is 10.3 Å². The molecular formula is C23H25N3O6. The number of carbonyl (C=O) groups excluding carboxylic acids is 2. The number of piperidine rings is 1. The van der Waals surface area contributed by atoms with Crippen molar-refractivity contribution in [3.63, 3.8) is 0 Å². The molecule has 1 aliphatic heterocycles. The van der Waals surface area contributed by atoms with E-state index in [-0.39, 0.29) is 25.7 Å². The van der Waals surface area contributed by atoms with Crippen LogP contribution >= 0.6 is 0 Å². The molecule has 2 aromatic carbocycles. The van der Waals surface area contributed by atoms with Crippen molar-refractivity contribution in [2.45, 2.75) is 26.1 Å². The van der Waals surface area contributed by atoms with E-state index < -0.39 is 24.1 Å². The number of benzene rings is 2. The van der Waals surface area contributed by atoms with E-state index in [1.807, 2.05) is 48.5 Å². The highest BCUT2D eigenvalue weighted by atomic mass is 16.6. The lowest BCUT2D eigenvalue weighted by molar-refractivity contribution is -0.143. The molecule has 1 fully saturated rings. The second-order valence-electron chi connectivity index (χ2n) is 7.29. The number of ether oxygens (including phenoxy) is 2. The van der Waals surface area contributed by atoms with Crippen LogP contribution in [0.2, 0.25) is 0 Å². The van der Waals surface area contributed by atoms with Crippen molar-refractivity contribution in [1.82, 2.24) is 10.2 Å². The highest BCUT2D eigenvalue weighted by Crippen LogP contribution is 2.17. The molecule has 0 aromatic heterocycles. The van der Waals surface area contributed by atoms with Crippen molar-refractivity contribution >= 4 is 24.1 Å². The van der Waals surface area contributed by atoms with Crippen molar-refractivity contribution < 1.29 is 29.0 Å². The molecule has 1 saturated heterocycles. The molecule has 0 bridgehead atoms. The fourth-order valence-electron chi connectivity index (χ4n) is 3.24. The molecule has 3 rings (SSSR count). The summed E-state index contributed by atoms with van der Waals surface area (Å²) in [5.41, 5.74) is 1.59. The predicted molar refractivity (Wildman–Crippen MR) is 116 cm³/mol. The third kappa shape index (κ3) is 7.12. The number of carboxylic acid groups (broad SMARTS) is 1. The van der Waals surface area contributed by atoms with Gasteiger partial charge in [-0.2, -0.15) is 0 Å². The van der Waals surface area contributed by atoms with Crippen LogP contribution in [0.4, 0.5) is 9.59 Å². The van der Waals surface area contributed by atoms with Gasteiger partial charge in [0.05, 0.1) is 5.92 Å². The number of aliphatic carboxylic acids is 1. The average Bonchev–Trinajstić information content (AvgIpc) is 2.82. The average molecular weight is 439 g/mol. The van der Waals surface area contributed by atoms with E-state index in [9.17, 15) is 19.5 Å². The number of amides is 2. The highest BCUT2D eigenvalue weighted by Gasteiger charge is 2.29. The normalized spacial score (nSPS) is 16.2. The molecule has 32 heavy (non-hydrogen) atoms. The zero-order valence-corrected chi connectivity index (χ0v) is 17.5. The topological polar surface area (TPSA) is 118 Å². The molecule has 0 radical (unpaired) electrons. The zero-order chi connectivity index (χ0) is 22.8. The Labute approximate surface area is 185 Å². The third-order valence-electron chi connectivity index (χ3n) is 4.90. The van der Waals surface area contributed by atoms with Gasteiger partial charge in [-0.3, -0.25) is 10.1 Å². The Morgan fingerprint density at radius 1 is 0.969 bits per heavy atom. The Morgan fingerprint density at radius 2 is 1.56 bits per heavy atom. The maximum absolute atomic E-state index is 12.3. The second kappa shape index (κ2) is 11.5. The number of hydrogen-bond donors (Lipinski definition) is 2. The van der Waals surface area contributed by atoms with E-state index in [0.717, 1.165) is 11.1 Å². The number of carbonyl (C=O) groups is 3. The molecular weight excluding hydrogens is 414 g/mol. The van der Waals surface area contributed by atoms with Crippen LogP contribution in [0.25, 0.3) is 0 Å². The van der Waals surface area contributed by atoms with E-state index in [1.165, 1.54) is 0 Å². The molecule has 0 spiro atoms. The van der Waals surface area contributed by atoms with E-state index in [1.54, 1.807) is 17.0 Å². The molecule has 9 nitrogen and oxygen atoms in total. The first kappa shape index (κ1) is 22.8. The Kier molecular flexibility index (Phi) is 8.19. The van der Waals surface area contributed by atoms with Gasteiger partial charge in [0.15, 0.2) is 0 Å². The minimum absolute atomic E-state index is 0.0205. The van der Waals surface area contributed by atoms with Gasteiger partial charge < -0.3 is 19.5 Å². The highest BCUT2D eigenvalue weighted by molar-refractivity contribution is 5.99. The van der Waals surface area contributed by atoms with Gasteiger partial charge in [-0.15, -0.1) is 4.99 Å². The molecule has 1 atom stereocenters. The fourth-order valence-corrected chi connectivity index (χ4v) is 3.24. The number of nitrogens with one attached hydrogen (secondary N) is 1. The molecule has 2 amide bonds. The fraction of sp³-hybridized carbons (Fsp3) is 0.304. The van der Waals surface area contributed by atoms with Crippen molar-refractivity contribution in [3.05, 3.63) is 71.8 Å². The standard InChI is InChI=1S/C23H25N3O6/c27-20(28)19-12-7-13-26(14-19)21(24-22(29)31-15-17-8-3-1-4-9-17)25-23(30)32-16-18-10-5-2-6-11-18/h1-6,8-11,19H,7,12-16H2,(H,27,28)(H,24,25,29,30). The van der Waals surface area contributed by atoms with Crippen molar-refractivity contribution in [3.8, 4) is 0 Å². The lowest BCUT2D eigenvalue weighted by atomic mass is 9.99. The maximum Gasteiger partial charge on any atom is 0.437 e. The number of hydrogen-bond acceptors (Lipinski definition) is 5. The summed E-state index contributed by atoms with van der Waals surface area (Å²) < 4.78 is 10.4. The van der Waals surface area contributed by atoms with E-state index >= 15 is 0 Å². The summed E-state index contributed by atoms with van der Waals surface area (Å²) in [5, 5.41) is 11.8. The number of guanidine groups is 1. The van der Waals surface area contributed by atoms with Crippen LogP contribution in [0.1, 0.15) is 24.0 Å². The minimum atomic E-state index is -0.938. The second-order valence-corrected chi connectivity index (χ2v) is 7.29. The lowest BCUT2D eigenvalue weighted by Gasteiger charge is -2.32. The number of likely N-dealkylation sites (tertiary alicyclic amines) is 1. The summed E-state index contributed by atoms with van der Waals surface area (Å²) in [5.74, 6) is -1.66. The van der Waals surface area contributed by atoms with Gasteiger partial charge >= 0.3 is 18.2 Å². The molecule has 1 aliphatic rings. The summed E-state index contributed by atoms with van der Waals surface area (Å²) in [4.78, 5) is 41.5. The van der Waals surface area contributed by atoms with Gasteiger partial charge in [-0.1, -0.05) is 60.7 Å². The van der Waals surface area contributed by atoms with Gasteiger partial charge in [0.1, 0.15) is 13.2 Å². The number of carboxylic acids is 1. The molecule has 168 valence electrons. The first-order chi connectivity index (χ1) is 15.5. The van der Waals surface area contributed by atoms with Crippen LogP contribution in [-0.2, 0) is 27.5 Å². The number of rotatable bonds is 5.